The molecule has 0 spiro atoms. The third-order valence-electron chi connectivity index (χ3n) is 24.7. The van der Waals surface area contributed by atoms with E-state index in [-0.39, 0.29) is 0 Å². The van der Waals surface area contributed by atoms with Gasteiger partial charge in [0.1, 0.15) is 0 Å². The quantitative estimate of drug-likeness (QED) is 0.0845. The molecule has 8 saturated carbocycles. The van der Waals surface area contributed by atoms with Gasteiger partial charge in [-0.2, -0.15) is 0 Å². The third kappa shape index (κ3) is 9.07. The molecule has 0 unspecified atom stereocenters. The summed E-state index contributed by atoms with van der Waals surface area (Å²) in [5.74, 6) is 5.10. The van der Waals surface area contributed by atoms with Crippen molar-refractivity contribution in [3.05, 3.63) is 166 Å². The summed E-state index contributed by atoms with van der Waals surface area (Å²) < 4.78 is 0. The first-order valence-corrected chi connectivity index (χ1v) is 35.4. The summed E-state index contributed by atoms with van der Waals surface area (Å²) in [5, 5.41) is 11.9. The Hall–Kier alpha value is -5.72. The molecule has 0 N–H and O–H groups in total. The molecule has 0 saturated heterocycles. The molecule has 9 aromatic carbocycles. The zero-order chi connectivity index (χ0) is 55.2. The first-order valence-electron chi connectivity index (χ1n) is 35.4. The smallest absolute Gasteiger partial charge is 0.00255 e. The van der Waals surface area contributed by atoms with E-state index in [9.17, 15) is 0 Å². The van der Waals surface area contributed by atoms with E-state index in [2.05, 4.69) is 121 Å². The van der Waals surface area contributed by atoms with Gasteiger partial charge in [0.25, 0.3) is 0 Å². The van der Waals surface area contributed by atoms with E-state index in [1.54, 1.807) is 66.8 Å². The summed E-state index contributed by atoms with van der Waals surface area (Å²) >= 11 is 0. The fraction of sp³-hybridized carbons (Fsp3) is 0.476. The minimum atomic E-state index is 0.638. The zero-order valence-electron chi connectivity index (χ0n) is 50.8. The van der Waals surface area contributed by atoms with Crippen molar-refractivity contribution in [1.29, 1.82) is 0 Å². The van der Waals surface area contributed by atoms with Crippen LogP contribution < -0.4 is 0 Å². The summed E-state index contributed by atoms with van der Waals surface area (Å²) in [7, 11) is 0. The summed E-state index contributed by atoms with van der Waals surface area (Å²) in [6.45, 7) is 0. The van der Waals surface area contributed by atoms with Gasteiger partial charge < -0.3 is 0 Å². The Morgan fingerprint density at radius 3 is 0.500 bits per heavy atom. The second-order valence-electron chi connectivity index (χ2n) is 29.4. The van der Waals surface area contributed by atoms with E-state index in [1.807, 2.05) is 0 Å². The highest BCUT2D eigenvalue weighted by molar-refractivity contribution is 6.35. The molecule has 0 bridgehead atoms. The molecule has 0 heteroatoms. The highest BCUT2D eigenvalue weighted by atomic mass is 14.4. The van der Waals surface area contributed by atoms with Crippen molar-refractivity contribution in [3.63, 3.8) is 0 Å². The summed E-state index contributed by atoms with van der Waals surface area (Å²) in [6.07, 6.45) is 43.0. The molecule has 0 atom stereocenters. The van der Waals surface area contributed by atoms with Gasteiger partial charge in [0.05, 0.1) is 0 Å². The maximum atomic E-state index is 2.80. The fourth-order valence-electron chi connectivity index (χ4n) is 20.8. The van der Waals surface area contributed by atoms with E-state index in [4.69, 9.17) is 0 Å². The van der Waals surface area contributed by atoms with Crippen molar-refractivity contribution in [2.45, 2.75) is 253 Å². The SMILES string of the molecule is c1cc(C2CCCC2)c(-c2cc3cc(-c4c(C5CCCC5)cccc4C4CCCC4)cc4c5cc(-c6c(C7CCCC7)cccc6C6CCCC6)cc6cc(-c7c(C8CCCC8)cccc7C7CCCC7)cc(c(c2)c34)c65)c(C2CCCC2)c1. The maximum absolute atomic E-state index is 2.80. The normalized spacial score (nSPS) is 21.3. The molecule has 84 heavy (non-hydrogen) atoms. The highest BCUT2D eigenvalue weighted by Gasteiger charge is 2.34. The Morgan fingerprint density at radius 2 is 0.345 bits per heavy atom. The second-order valence-corrected chi connectivity index (χ2v) is 29.4. The maximum Gasteiger partial charge on any atom is -0.00255 e. The zero-order valence-corrected chi connectivity index (χ0v) is 50.8. The Balaban J connectivity index is 1.03. The van der Waals surface area contributed by atoms with Crippen molar-refractivity contribution >= 4 is 43.1 Å². The lowest BCUT2D eigenvalue weighted by Gasteiger charge is -2.27. The number of hydrogen-bond acceptors (Lipinski definition) is 0. The van der Waals surface area contributed by atoms with Gasteiger partial charge in [-0.3, -0.25) is 0 Å². The Bertz CT molecular complexity index is 3270. The predicted molar refractivity (Wildman–Crippen MR) is 359 cm³/mol. The monoisotopic (exact) mass is 1100 g/mol. The average molecular weight is 1100 g/mol. The summed E-state index contributed by atoms with van der Waals surface area (Å²) in [6, 6.07) is 53.0. The number of hydrogen-bond donors (Lipinski definition) is 0. The topological polar surface area (TPSA) is 0 Å². The average Bonchev–Trinajstić information content (AvgIpc) is 1.39. The second kappa shape index (κ2) is 22.2. The van der Waals surface area contributed by atoms with Crippen LogP contribution in [0.5, 0.6) is 0 Å². The number of rotatable bonds is 12. The fourth-order valence-corrected chi connectivity index (χ4v) is 20.8. The van der Waals surface area contributed by atoms with E-state index < -0.39 is 0 Å². The largest absolute Gasteiger partial charge is 0.0617 e. The number of benzene rings is 9. The molecule has 0 aliphatic heterocycles. The minimum Gasteiger partial charge on any atom is -0.0617 e. The standard InChI is InChI=1S/C84H92/c1-2-22-53(21-1)67-37-17-38-68(54-23-3-4-24-54)79(67)63-45-61-46-64(80-69(55-25-5-6-26-55)39-18-40-70(80)56-27-7-8-28-56)51-77-78-52-66(82-73(59-33-13-14-34-59)43-20-44-74(82)60-35-15-16-36-60)48-62-47-65(50-76(84(62)78)75(49-63)83(61)77)81-71(57-29-9-10-30-57)41-19-42-72(81)58-31-11-12-32-58/h17-20,37-60H,1-16,21-36H2. The van der Waals surface area contributed by atoms with Crippen molar-refractivity contribution in [2.75, 3.05) is 0 Å². The minimum absolute atomic E-state index is 0.638. The van der Waals surface area contributed by atoms with Gasteiger partial charge in [0.2, 0.25) is 0 Å². The van der Waals surface area contributed by atoms with Crippen LogP contribution in [0.25, 0.3) is 87.6 Å². The van der Waals surface area contributed by atoms with Gasteiger partial charge in [-0.1, -0.05) is 176 Å². The van der Waals surface area contributed by atoms with Gasteiger partial charge in [0, 0.05) is 0 Å². The van der Waals surface area contributed by atoms with Crippen LogP contribution in [0, 0.1) is 0 Å². The van der Waals surface area contributed by atoms with Crippen LogP contribution in [0.3, 0.4) is 0 Å². The number of fused-ring (bicyclic) bond motifs is 2. The van der Waals surface area contributed by atoms with Gasteiger partial charge in [-0.25, -0.2) is 0 Å². The predicted octanol–water partition coefficient (Wildman–Crippen LogP) is 25.7. The van der Waals surface area contributed by atoms with Crippen molar-refractivity contribution < 1.29 is 0 Å². The van der Waals surface area contributed by atoms with Crippen LogP contribution in [-0.2, 0) is 0 Å². The van der Waals surface area contributed by atoms with Gasteiger partial charge >= 0.3 is 0 Å². The van der Waals surface area contributed by atoms with Crippen LogP contribution in [0.15, 0.2) is 121 Å². The molecule has 9 aromatic rings. The molecule has 8 aliphatic rings. The van der Waals surface area contributed by atoms with E-state index in [0.29, 0.717) is 47.3 Å². The first kappa shape index (κ1) is 52.6. The molecular weight excluding hydrogens is 1010 g/mol. The summed E-state index contributed by atoms with van der Waals surface area (Å²) in [4.78, 5) is 0. The van der Waals surface area contributed by atoms with Crippen LogP contribution in [-0.4, -0.2) is 0 Å². The highest BCUT2D eigenvalue weighted by Crippen LogP contribution is 2.56. The van der Waals surface area contributed by atoms with Crippen molar-refractivity contribution in [2.24, 2.45) is 0 Å². The molecular formula is C84H92. The molecule has 0 nitrogen and oxygen atoms in total. The van der Waals surface area contributed by atoms with Gasteiger partial charge in [-0.15, -0.1) is 0 Å². The van der Waals surface area contributed by atoms with Crippen molar-refractivity contribution in [1.82, 2.24) is 0 Å². The summed E-state index contributed by atoms with van der Waals surface area (Å²) in [5.41, 5.74) is 25.7. The van der Waals surface area contributed by atoms with Crippen LogP contribution in [0.2, 0.25) is 0 Å². The van der Waals surface area contributed by atoms with E-state index in [1.165, 1.54) is 271 Å². The van der Waals surface area contributed by atoms with Crippen molar-refractivity contribution in [3.8, 4) is 44.5 Å². The Kier molecular flexibility index (Phi) is 13.9. The molecule has 8 fully saturated rings. The van der Waals surface area contributed by atoms with E-state index in [0.717, 1.165) is 0 Å². The van der Waals surface area contributed by atoms with Crippen LogP contribution in [0.1, 0.15) is 297 Å². The van der Waals surface area contributed by atoms with Gasteiger partial charge in [0.15, 0.2) is 0 Å². The molecule has 428 valence electrons. The van der Waals surface area contributed by atoms with Gasteiger partial charge in [-0.05, 0) is 331 Å². The Morgan fingerprint density at radius 1 is 0.190 bits per heavy atom. The van der Waals surface area contributed by atoms with Crippen LogP contribution >= 0.6 is 0 Å². The first-order chi connectivity index (χ1) is 41.7. The molecule has 0 amide bonds. The van der Waals surface area contributed by atoms with Crippen LogP contribution in [0.4, 0.5) is 0 Å². The Labute approximate surface area is 503 Å². The molecule has 0 aromatic heterocycles. The van der Waals surface area contributed by atoms with E-state index >= 15 is 0 Å². The molecule has 0 radical (unpaired) electrons. The molecule has 8 aliphatic carbocycles. The molecule has 17 rings (SSSR count). The lowest BCUT2D eigenvalue weighted by atomic mass is 9.77. The molecule has 0 heterocycles. The lowest BCUT2D eigenvalue weighted by molar-refractivity contribution is 0.703. The third-order valence-corrected chi connectivity index (χ3v) is 24.7. The lowest BCUT2D eigenvalue weighted by Crippen LogP contribution is -2.05.